The molecule has 94 valence electrons. The van der Waals surface area contributed by atoms with Crippen molar-refractivity contribution in [2.75, 3.05) is 19.0 Å². The fourth-order valence-corrected chi connectivity index (χ4v) is 1.78. The van der Waals surface area contributed by atoms with Crippen LogP contribution in [0.25, 0.3) is 0 Å². The molecule has 1 aromatic rings. The van der Waals surface area contributed by atoms with E-state index in [9.17, 15) is 9.59 Å². The van der Waals surface area contributed by atoms with Crippen molar-refractivity contribution < 1.29 is 14.3 Å². The molecule has 1 rings (SSSR count). The predicted octanol–water partition coefficient (Wildman–Crippen LogP) is 0.782. The summed E-state index contributed by atoms with van der Waals surface area (Å²) in [4.78, 5) is 22.4. The zero-order valence-electron chi connectivity index (χ0n) is 9.57. The van der Waals surface area contributed by atoms with Crippen LogP contribution in [0.15, 0.2) is 0 Å². The molecular weight excluding hydrogens is 244 g/mol. The van der Waals surface area contributed by atoms with Gasteiger partial charge in [-0.25, -0.2) is 4.79 Å². The van der Waals surface area contributed by atoms with Crippen LogP contribution in [-0.4, -0.2) is 30.0 Å². The van der Waals surface area contributed by atoms with Gasteiger partial charge >= 0.3 is 6.03 Å². The first-order valence-electron chi connectivity index (χ1n) is 5.01. The van der Waals surface area contributed by atoms with Crippen molar-refractivity contribution in [3.63, 3.8) is 0 Å². The van der Waals surface area contributed by atoms with Gasteiger partial charge in [-0.3, -0.25) is 10.1 Å². The minimum Gasteiger partial charge on any atom is -0.476 e. The Bertz CT molecular complexity index is 418. The molecule has 0 aliphatic heterocycles. The zero-order valence-corrected chi connectivity index (χ0v) is 10.4. The van der Waals surface area contributed by atoms with Crippen LogP contribution in [0.4, 0.5) is 9.80 Å². The number of nitrogens with one attached hydrogen (secondary N) is 2. The first kappa shape index (κ1) is 13.2. The average molecular weight is 258 g/mol. The van der Waals surface area contributed by atoms with Gasteiger partial charge in [-0.1, -0.05) is 6.92 Å². The van der Waals surface area contributed by atoms with Gasteiger partial charge < -0.3 is 15.8 Å². The second kappa shape index (κ2) is 6.04. The monoisotopic (exact) mass is 258 g/mol. The Labute approximate surface area is 102 Å². The van der Waals surface area contributed by atoms with Crippen molar-refractivity contribution in [3.8, 4) is 5.88 Å². The lowest BCUT2D eigenvalue weighted by Gasteiger charge is -2.04. The maximum atomic E-state index is 11.3. The number of anilines is 1. The van der Waals surface area contributed by atoms with Gasteiger partial charge in [0.25, 0.3) is 5.91 Å². The lowest BCUT2D eigenvalue weighted by Crippen LogP contribution is -2.25. The molecule has 0 saturated heterocycles. The van der Waals surface area contributed by atoms with E-state index >= 15 is 0 Å². The Morgan fingerprint density at radius 2 is 2.24 bits per heavy atom. The lowest BCUT2D eigenvalue weighted by atomic mass is 10.3. The third-order valence-electron chi connectivity index (χ3n) is 1.80. The molecule has 1 aromatic heterocycles. The SMILES string of the molecule is CCCOc1nsc(NC(=O)NC)c1C(N)=O. The van der Waals surface area contributed by atoms with Crippen LogP contribution in [-0.2, 0) is 0 Å². The summed E-state index contributed by atoms with van der Waals surface area (Å²) in [6, 6.07) is -0.446. The van der Waals surface area contributed by atoms with E-state index in [0.29, 0.717) is 6.61 Å². The van der Waals surface area contributed by atoms with Gasteiger partial charge in [-0.15, -0.1) is 0 Å². The van der Waals surface area contributed by atoms with Crippen molar-refractivity contribution in [2.45, 2.75) is 13.3 Å². The number of hydrogen-bond donors (Lipinski definition) is 3. The molecule has 0 radical (unpaired) electrons. The number of carbonyl (C=O) groups is 2. The van der Waals surface area contributed by atoms with Crippen molar-refractivity contribution in [2.24, 2.45) is 5.73 Å². The molecule has 0 aromatic carbocycles. The molecule has 0 unspecified atom stereocenters. The Balaban J connectivity index is 2.94. The topological polar surface area (TPSA) is 106 Å². The lowest BCUT2D eigenvalue weighted by molar-refractivity contribution is 0.0997. The molecule has 0 bridgehead atoms. The van der Waals surface area contributed by atoms with E-state index in [1.165, 1.54) is 7.05 Å². The third-order valence-corrected chi connectivity index (χ3v) is 2.55. The molecule has 0 aliphatic rings. The summed E-state index contributed by atoms with van der Waals surface area (Å²) in [5, 5.41) is 5.11. The predicted molar refractivity (Wildman–Crippen MR) is 64.5 cm³/mol. The number of nitrogens with zero attached hydrogens (tertiary/aromatic N) is 1. The minimum absolute atomic E-state index is 0.104. The van der Waals surface area contributed by atoms with Crippen molar-refractivity contribution in [1.82, 2.24) is 9.69 Å². The summed E-state index contributed by atoms with van der Waals surface area (Å²) < 4.78 is 9.21. The third kappa shape index (κ3) is 3.31. The first-order valence-corrected chi connectivity index (χ1v) is 5.78. The fraction of sp³-hybridized carbons (Fsp3) is 0.444. The summed E-state index contributed by atoms with van der Waals surface area (Å²) in [7, 11) is 1.47. The molecule has 0 fully saturated rings. The Hall–Kier alpha value is -1.83. The summed E-state index contributed by atoms with van der Waals surface area (Å²) in [6.45, 7) is 2.36. The second-order valence-corrected chi connectivity index (χ2v) is 3.88. The van der Waals surface area contributed by atoms with Crippen molar-refractivity contribution >= 4 is 28.5 Å². The van der Waals surface area contributed by atoms with Gasteiger partial charge in [0.1, 0.15) is 10.6 Å². The van der Waals surface area contributed by atoms with E-state index in [2.05, 4.69) is 15.0 Å². The van der Waals surface area contributed by atoms with Gasteiger partial charge in [0.2, 0.25) is 5.88 Å². The van der Waals surface area contributed by atoms with Gasteiger partial charge in [-0.2, -0.15) is 4.37 Å². The number of primary amides is 1. The molecule has 0 saturated carbocycles. The van der Waals surface area contributed by atoms with Crippen molar-refractivity contribution in [3.05, 3.63) is 5.56 Å². The number of carbonyl (C=O) groups excluding carboxylic acids is 2. The smallest absolute Gasteiger partial charge is 0.319 e. The van der Waals surface area contributed by atoms with E-state index in [-0.39, 0.29) is 16.4 Å². The van der Waals surface area contributed by atoms with Gasteiger partial charge in [0.05, 0.1) is 6.61 Å². The largest absolute Gasteiger partial charge is 0.476 e. The minimum atomic E-state index is -0.684. The molecule has 0 spiro atoms. The summed E-state index contributed by atoms with van der Waals surface area (Å²) >= 11 is 0.951. The highest BCUT2D eigenvalue weighted by atomic mass is 32.1. The summed E-state index contributed by atoms with van der Waals surface area (Å²) in [6.07, 6.45) is 0.786. The summed E-state index contributed by atoms with van der Waals surface area (Å²) in [5.41, 5.74) is 5.33. The maximum absolute atomic E-state index is 11.3. The van der Waals surface area contributed by atoms with Gasteiger partial charge in [0, 0.05) is 7.05 Å². The number of aromatic nitrogens is 1. The second-order valence-electron chi connectivity index (χ2n) is 3.11. The van der Waals surface area contributed by atoms with Gasteiger partial charge in [0.15, 0.2) is 0 Å². The van der Waals surface area contributed by atoms with Crippen LogP contribution in [0.3, 0.4) is 0 Å². The molecule has 17 heavy (non-hydrogen) atoms. The normalized spacial score (nSPS) is 9.76. The standard InChI is InChI=1S/C9H14N4O3S/c1-3-4-16-7-5(6(10)14)8(17-13-7)12-9(15)11-2/h3-4H2,1-2H3,(H2,10,14)(H2,11,12,15). The molecule has 4 N–H and O–H groups in total. The van der Waals surface area contributed by atoms with E-state index in [1.54, 1.807) is 0 Å². The van der Waals surface area contributed by atoms with E-state index < -0.39 is 11.9 Å². The van der Waals surface area contributed by atoms with Crippen LogP contribution in [0.5, 0.6) is 5.88 Å². The number of rotatable bonds is 5. The average Bonchev–Trinajstić information content (AvgIpc) is 2.69. The number of ether oxygens (including phenoxy) is 1. The number of amides is 3. The molecule has 7 nitrogen and oxygen atoms in total. The molecule has 8 heteroatoms. The molecule has 3 amide bonds. The van der Waals surface area contributed by atoms with E-state index in [0.717, 1.165) is 18.0 Å². The fourth-order valence-electron chi connectivity index (χ4n) is 1.04. The quantitative estimate of drug-likeness (QED) is 0.725. The number of nitrogens with two attached hydrogens (primary N) is 1. The van der Waals surface area contributed by atoms with E-state index in [1.807, 2.05) is 6.92 Å². The summed E-state index contributed by atoms with van der Waals surface area (Å²) in [5.74, 6) is -0.521. The highest BCUT2D eigenvalue weighted by molar-refractivity contribution is 7.11. The number of urea groups is 1. The van der Waals surface area contributed by atoms with Crippen LogP contribution < -0.4 is 21.1 Å². The van der Waals surface area contributed by atoms with Crippen LogP contribution in [0.1, 0.15) is 23.7 Å². The Morgan fingerprint density at radius 1 is 1.53 bits per heavy atom. The maximum Gasteiger partial charge on any atom is 0.319 e. The molecule has 0 atom stereocenters. The molecule has 1 heterocycles. The zero-order chi connectivity index (χ0) is 12.8. The van der Waals surface area contributed by atoms with Crippen LogP contribution in [0, 0.1) is 0 Å². The van der Waals surface area contributed by atoms with Crippen molar-refractivity contribution in [1.29, 1.82) is 0 Å². The van der Waals surface area contributed by atoms with E-state index in [4.69, 9.17) is 10.5 Å². The Morgan fingerprint density at radius 3 is 2.76 bits per heavy atom. The highest BCUT2D eigenvalue weighted by Crippen LogP contribution is 2.30. The Kier molecular flexibility index (Phi) is 4.70. The molecule has 0 aliphatic carbocycles. The highest BCUT2D eigenvalue weighted by Gasteiger charge is 2.21. The van der Waals surface area contributed by atoms with Gasteiger partial charge in [-0.05, 0) is 18.0 Å². The van der Waals surface area contributed by atoms with Crippen LogP contribution in [0.2, 0.25) is 0 Å². The van der Waals surface area contributed by atoms with Crippen LogP contribution >= 0.6 is 11.5 Å². The first-order chi connectivity index (χ1) is 8.10. The number of hydrogen-bond acceptors (Lipinski definition) is 5. The molecular formula is C9H14N4O3S.